The maximum absolute atomic E-state index is 12.0. The van der Waals surface area contributed by atoms with E-state index in [-0.39, 0.29) is 22.8 Å². The van der Waals surface area contributed by atoms with Gasteiger partial charge in [0, 0.05) is 22.8 Å². The summed E-state index contributed by atoms with van der Waals surface area (Å²) in [6, 6.07) is 5.96. The Morgan fingerprint density at radius 2 is 1.92 bits per heavy atom. The van der Waals surface area contributed by atoms with Crippen molar-refractivity contribution in [2.45, 2.75) is 39.4 Å². The van der Waals surface area contributed by atoms with Crippen LogP contribution in [-0.2, 0) is 9.47 Å². The summed E-state index contributed by atoms with van der Waals surface area (Å²) in [5.41, 5.74) is 4.45. The molecule has 0 unspecified atom stereocenters. The SMILES string of the molecule is CC1(C)COC(CCC/C=N/NC(=O)c2cccc(C(=O)NO)c2)OC1. The monoisotopic (exact) mass is 363 g/mol. The van der Waals surface area contributed by atoms with Crippen molar-refractivity contribution < 1.29 is 24.3 Å². The Kier molecular flexibility index (Phi) is 7.26. The number of rotatable bonds is 7. The smallest absolute Gasteiger partial charge is 0.274 e. The fraction of sp³-hybridized carbons (Fsp3) is 0.500. The van der Waals surface area contributed by atoms with Gasteiger partial charge in [0.15, 0.2) is 6.29 Å². The van der Waals surface area contributed by atoms with E-state index >= 15 is 0 Å². The van der Waals surface area contributed by atoms with Crippen molar-refractivity contribution in [2.24, 2.45) is 10.5 Å². The quantitative estimate of drug-likeness (QED) is 0.297. The Bertz CT molecular complexity index is 650. The molecule has 1 saturated heterocycles. The fourth-order valence-electron chi connectivity index (χ4n) is 2.37. The summed E-state index contributed by atoms with van der Waals surface area (Å²) in [6.45, 7) is 5.58. The Morgan fingerprint density at radius 1 is 1.27 bits per heavy atom. The number of ether oxygens (including phenoxy) is 2. The first kappa shape index (κ1) is 20.0. The molecular weight excluding hydrogens is 338 g/mol. The Hall–Kier alpha value is -2.29. The van der Waals surface area contributed by atoms with E-state index in [4.69, 9.17) is 14.7 Å². The Balaban J connectivity index is 1.68. The van der Waals surface area contributed by atoms with Crippen LogP contribution in [0.4, 0.5) is 0 Å². The molecular formula is C18H25N3O5. The average Bonchev–Trinajstić information content (AvgIpc) is 2.65. The van der Waals surface area contributed by atoms with Crippen molar-refractivity contribution in [3.8, 4) is 0 Å². The van der Waals surface area contributed by atoms with Gasteiger partial charge in [-0.05, 0) is 37.5 Å². The zero-order valence-corrected chi connectivity index (χ0v) is 15.0. The summed E-state index contributed by atoms with van der Waals surface area (Å²) in [4.78, 5) is 23.3. The van der Waals surface area contributed by atoms with Gasteiger partial charge < -0.3 is 9.47 Å². The van der Waals surface area contributed by atoms with Gasteiger partial charge in [0.05, 0.1) is 13.2 Å². The number of amides is 2. The van der Waals surface area contributed by atoms with Gasteiger partial charge in [0.25, 0.3) is 11.8 Å². The molecule has 0 saturated carbocycles. The first-order valence-corrected chi connectivity index (χ1v) is 8.51. The van der Waals surface area contributed by atoms with E-state index < -0.39 is 11.8 Å². The first-order valence-electron chi connectivity index (χ1n) is 8.51. The lowest BCUT2D eigenvalue weighted by Gasteiger charge is -2.34. The molecule has 1 heterocycles. The number of nitrogens with one attached hydrogen (secondary N) is 2. The third-order valence-electron chi connectivity index (χ3n) is 3.84. The van der Waals surface area contributed by atoms with E-state index in [0.717, 1.165) is 12.8 Å². The molecule has 1 fully saturated rings. The molecule has 1 aliphatic rings. The number of unbranched alkanes of at least 4 members (excludes halogenated alkanes) is 1. The lowest BCUT2D eigenvalue weighted by Crippen LogP contribution is -2.37. The van der Waals surface area contributed by atoms with Crippen LogP contribution in [0, 0.1) is 5.41 Å². The molecule has 1 aromatic rings. The number of hydrogen-bond donors (Lipinski definition) is 3. The molecule has 8 nitrogen and oxygen atoms in total. The second-order valence-electron chi connectivity index (χ2n) is 6.92. The van der Waals surface area contributed by atoms with Crippen LogP contribution in [0.5, 0.6) is 0 Å². The Labute approximate surface area is 152 Å². The van der Waals surface area contributed by atoms with Crippen molar-refractivity contribution in [3.05, 3.63) is 35.4 Å². The lowest BCUT2D eigenvalue weighted by atomic mass is 9.95. The lowest BCUT2D eigenvalue weighted by molar-refractivity contribution is -0.223. The zero-order chi connectivity index (χ0) is 19.0. The third-order valence-corrected chi connectivity index (χ3v) is 3.84. The summed E-state index contributed by atoms with van der Waals surface area (Å²) in [7, 11) is 0. The van der Waals surface area contributed by atoms with Crippen molar-refractivity contribution >= 4 is 18.0 Å². The van der Waals surface area contributed by atoms with Gasteiger partial charge in [-0.25, -0.2) is 10.9 Å². The summed E-state index contributed by atoms with van der Waals surface area (Å²) >= 11 is 0. The molecule has 3 N–H and O–H groups in total. The van der Waals surface area contributed by atoms with Gasteiger partial charge in [-0.2, -0.15) is 5.10 Å². The minimum Gasteiger partial charge on any atom is -0.352 e. The highest BCUT2D eigenvalue weighted by Gasteiger charge is 2.27. The van der Waals surface area contributed by atoms with E-state index in [1.165, 1.54) is 17.6 Å². The summed E-state index contributed by atoms with van der Waals surface area (Å²) < 4.78 is 11.3. The average molecular weight is 363 g/mol. The van der Waals surface area contributed by atoms with Crippen molar-refractivity contribution in [1.82, 2.24) is 10.9 Å². The highest BCUT2D eigenvalue weighted by molar-refractivity contribution is 5.99. The Morgan fingerprint density at radius 3 is 2.58 bits per heavy atom. The topological polar surface area (TPSA) is 109 Å². The maximum atomic E-state index is 12.0. The molecule has 2 amide bonds. The second kappa shape index (κ2) is 9.42. The number of carbonyl (C=O) groups is 2. The molecule has 142 valence electrons. The molecule has 1 aromatic carbocycles. The molecule has 0 spiro atoms. The summed E-state index contributed by atoms with van der Waals surface area (Å²) in [5, 5.41) is 12.5. The number of benzene rings is 1. The van der Waals surface area contributed by atoms with Crippen LogP contribution < -0.4 is 10.9 Å². The van der Waals surface area contributed by atoms with E-state index in [1.807, 2.05) is 0 Å². The van der Waals surface area contributed by atoms with Crippen LogP contribution in [-0.4, -0.2) is 42.7 Å². The number of hydrazone groups is 1. The number of hydrogen-bond acceptors (Lipinski definition) is 6. The van der Waals surface area contributed by atoms with Crippen molar-refractivity contribution in [3.63, 3.8) is 0 Å². The minimum absolute atomic E-state index is 0.0669. The van der Waals surface area contributed by atoms with Crippen molar-refractivity contribution in [1.29, 1.82) is 0 Å². The fourth-order valence-corrected chi connectivity index (χ4v) is 2.37. The minimum atomic E-state index is -0.682. The standard InChI is InChI=1S/C18H25N3O5/c1-18(2)11-25-15(26-12-18)8-3-4-9-19-20-16(22)13-6-5-7-14(10-13)17(23)21-24/h5-7,9-10,15,24H,3-4,8,11-12H2,1-2H3,(H,20,22)(H,21,23)/b19-9+. The zero-order valence-electron chi connectivity index (χ0n) is 15.0. The predicted octanol–water partition coefficient (Wildman–Crippen LogP) is 2.09. The van der Waals surface area contributed by atoms with Gasteiger partial charge in [-0.3, -0.25) is 14.8 Å². The normalized spacial score (nSPS) is 17.2. The number of carbonyl (C=O) groups excluding carboxylic acids is 2. The highest BCUT2D eigenvalue weighted by Crippen LogP contribution is 2.24. The van der Waals surface area contributed by atoms with Crippen LogP contribution in [0.15, 0.2) is 29.4 Å². The molecule has 0 aromatic heterocycles. The summed E-state index contributed by atoms with van der Waals surface area (Å²) in [5.74, 6) is -1.12. The van der Waals surface area contributed by atoms with Crippen LogP contribution in [0.3, 0.4) is 0 Å². The van der Waals surface area contributed by atoms with Crippen molar-refractivity contribution in [2.75, 3.05) is 13.2 Å². The summed E-state index contributed by atoms with van der Waals surface area (Å²) in [6.07, 6.45) is 3.73. The maximum Gasteiger partial charge on any atom is 0.274 e. The van der Waals surface area contributed by atoms with E-state index in [1.54, 1.807) is 18.3 Å². The molecule has 2 rings (SSSR count). The van der Waals surface area contributed by atoms with Crippen LogP contribution >= 0.6 is 0 Å². The van der Waals surface area contributed by atoms with E-state index in [2.05, 4.69) is 24.4 Å². The van der Waals surface area contributed by atoms with Crippen LogP contribution in [0.2, 0.25) is 0 Å². The molecule has 8 heteroatoms. The van der Waals surface area contributed by atoms with Crippen LogP contribution in [0.25, 0.3) is 0 Å². The van der Waals surface area contributed by atoms with Gasteiger partial charge in [0.1, 0.15) is 0 Å². The molecule has 0 aliphatic carbocycles. The molecule has 0 atom stereocenters. The molecule has 26 heavy (non-hydrogen) atoms. The molecule has 0 radical (unpaired) electrons. The second-order valence-corrected chi connectivity index (χ2v) is 6.92. The number of hydroxylamine groups is 1. The first-order chi connectivity index (χ1) is 12.4. The molecule has 1 aliphatic heterocycles. The predicted molar refractivity (Wildman–Crippen MR) is 95.0 cm³/mol. The number of nitrogens with zero attached hydrogens (tertiary/aromatic N) is 1. The molecule has 0 bridgehead atoms. The third kappa shape index (κ3) is 6.21. The highest BCUT2D eigenvalue weighted by atomic mass is 16.7. The van der Waals surface area contributed by atoms with E-state index in [0.29, 0.717) is 19.6 Å². The van der Waals surface area contributed by atoms with Gasteiger partial charge >= 0.3 is 0 Å². The largest absolute Gasteiger partial charge is 0.352 e. The van der Waals surface area contributed by atoms with Gasteiger partial charge in [0.2, 0.25) is 0 Å². The van der Waals surface area contributed by atoms with Crippen LogP contribution in [0.1, 0.15) is 53.8 Å². The van der Waals surface area contributed by atoms with Gasteiger partial charge in [-0.15, -0.1) is 0 Å². The van der Waals surface area contributed by atoms with E-state index in [9.17, 15) is 9.59 Å². The van der Waals surface area contributed by atoms with Gasteiger partial charge in [-0.1, -0.05) is 19.9 Å².